The van der Waals surface area contributed by atoms with Crippen LogP contribution in [-0.2, 0) is 14.3 Å². The molecule has 2 aromatic carbocycles. The second-order valence-electron chi connectivity index (χ2n) is 7.79. The first kappa shape index (κ1) is 21.1. The first-order chi connectivity index (χ1) is 15.2. The number of amides is 2. The molecule has 0 unspecified atom stereocenters. The molecule has 0 spiro atoms. The van der Waals surface area contributed by atoms with Crippen LogP contribution in [0.5, 0.6) is 0 Å². The van der Waals surface area contributed by atoms with E-state index in [1.54, 1.807) is 0 Å². The monoisotopic (exact) mass is 419 g/mol. The molecule has 1 saturated heterocycles. The summed E-state index contributed by atoms with van der Waals surface area (Å²) < 4.78 is 5.37. The van der Waals surface area contributed by atoms with Crippen molar-refractivity contribution in [3.05, 3.63) is 65.9 Å². The fourth-order valence-corrected chi connectivity index (χ4v) is 4.11. The van der Waals surface area contributed by atoms with Gasteiger partial charge in [-0.05, 0) is 56.0 Å². The van der Waals surface area contributed by atoms with Crippen LogP contribution in [0, 0.1) is 0 Å². The summed E-state index contributed by atoms with van der Waals surface area (Å²) in [4.78, 5) is 30.0. The second kappa shape index (κ2) is 9.79. The lowest BCUT2D eigenvalue weighted by Gasteiger charge is -2.18. The Morgan fingerprint density at radius 1 is 0.935 bits per heavy atom. The molecule has 0 aliphatic carbocycles. The average molecular weight is 420 g/mol. The van der Waals surface area contributed by atoms with E-state index in [2.05, 4.69) is 22.3 Å². The van der Waals surface area contributed by atoms with E-state index in [9.17, 15) is 9.59 Å². The van der Waals surface area contributed by atoms with E-state index >= 15 is 0 Å². The highest BCUT2D eigenvalue weighted by Gasteiger charge is 2.38. The number of ether oxygens (including phenoxy) is 1. The summed E-state index contributed by atoms with van der Waals surface area (Å²) in [7, 11) is 0. The average Bonchev–Trinajstić information content (AvgIpc) is 3.41. The summed E-state index contributed by atoms with van der Waals surface area (Å²) in [5.41, 5.74) is 3.48. The molecule has 1 N–H and O–H groups in total. The summed E-state index contributed by atoms with van der Waals surface area (Å²) >= 11 is 0. The Morgan fingerprint density at radius 2 is 1.65 bits per heavy atom. The first-order valence-corrected chi connectivity index (χ1v) is 11.0. The zero-order valence-corrected chi connectivity index (χ0v) is 18.0. The highest BCUT2D eigenvalue weighted by atomic mass is 16.5. The number of nitrogens with zero attached hydrogens (tertiary/aromatic N) is 2. The van der Waals surface area contributed by atoms with Gasteiger partial charge in [0.25, 0.3) is 11.8 Å². The number of carbonyl (C=O) groups is 2. The third kappa shape index (κ3) is 4.64. The number of hydrogen-bond donors (Lipinski definition) is 1. The number of rotatable bonds is 9. The van der Waals surface area contributed by atoms with Crippen LogP contribution in [0.4, 0.5) is 11.4 Å². The minimum atomic E-state index is -0.288. The highest BCUT2D eigenvalue weighted by molar-refractivity contribution is 6.36. The van der Waals surface area contributed by atoms with Crippen molar-refractivity contribution in [1.82, 2.24) is 4.90 Å². The largest absolute Gasteiger partial charge is 0.382 e. The molecule has 1 fully saturated rings. The van der Waals surface area contributed by atoms with Crippen molar-refractivity contribution in [2.45, 2.75) is 26.2 Å². The van der Waals surface area contributed by atoms with Gasteiger partial charge >= 0.3 is 0 Å². The van der Waals surface area contributed by atoms with E-state index in [1.807, 2.05) is 49.4 Å². The molecule has 0 radical (unpaired) electrons. The molecule has 2 aliphatic heterocycles. The van der Waals surface area contributed by atoms with Gasteiger partial charge in [-0.2, -0.15) is 0 Å². The van der Waals surface area contributed by atoms with Crippen LogP contribution in [0.15, 0.2) is 60.3 Å². The zero-order valence-electron chi connectivity index (χ0n) is 18.0. The number of hydrogen-bond acceptors (Lipinski definition) is 5. The smallest absolute Gasteiger partial charge is 0.278 e. The van der Waals surface area contributed by atoms with Crippen molar-refractivity contribution in [3.8, 4) is 0 Å². The maximum Gasteiger partial charge on any atom is 0.278 e. The van der Waals surface area contributed by atoms with Crippen molar-refractivity contribution < 1.29 is 14.3 Å². The van der Waals surface area contributed by atoms with E-state index < -0.39 is 0 Å². The molecule has 0 saturated carbocycles. The van der Waals surface area contributed by atoms with Crippen LogP contribution < -0.4 is 10.2 Å². The molecule has 0 atom stereocenters. The van der Waals surface area contributed by atoms with Gasteiger partial charge in [0.05, 0.1) is 5.57 Å². The summed E-state index contributed by atoms with van der Waals surface area (Å²) in [5.74, 6) is -0.548. The van der Waals surface area contributed by atoms with Gasteiger partial charge < -0.3 is 15.0 Å². The Labute approximate surface area is 183 Å². The van der Waals surface area contributed by atoms with Crippen LogP contribution in [-0.4, -0.2) is 49.6 Å². The number of benzene rings is 2. The molecule has 6 nitrogen and oxygen atoms in total. The molecule has 2 aromatic rings. The van der Waals surface area contributed by atoms with Crippen molar-refractivity contribution in [1.29, 1.82) is 0 Å². The maximum absolute atomic E-state index is 13.2. The standard InChI is InChI=1S/C25H29N3O3/c1-2-31-18-8-17-28-24(29)22(19-9-4-3-5-10-19)23(25(28)30)26-20-11-13-21(14-12-20)27-15-6-7-16-27/h3-5,9-14,26H,2,6-8,15-18H2,1H3. The van der Waals surface area contributed by atoms with Crippen molar-refractivity contribution in [2.75, 3.05) is 43.1 Å². The van der Waals surface area contributed by atoms with Gasteiger partial charge in [0.15, 0.2) is 0 Å². The van der Waals surface area contributed by atoms with Crippen LogP contribution >= 0.6 is 0 Å². The number of carbonyl (C=O) groups excluding carboxylic acids is 2. The fraction of sp³-hybridized carbons (Fsp3) is 0.360. The third-order valence-corrected chi connectivity index (χ3v) is 5.71. The van der Waals surface area contributed by atoms with Gasteiger partial charge in [0.1, 0.15) is 5.70 Å². The molecule has 2 heterocycles. The fourth-order valence-electron chi connectivity index (χ4n) is 4.11. The number of imide groups is 1. The second-order valence-corrected chi connectivity index (χ2v) is 7.79. The molecule has 0 aromatic heterocycles. The number of anilines is 2. The van der Waals surface area contributed by atoms with Crippen molar-refractivity contribution >= 4 is 28.8 Å². The molecule has 162 valence electrons. The predicted molar refractivity (Wildman–Crippen MR) is 123 cm³/mol. The number of nitrogens with one attached hydrogen (secondary N) is 1. The quantitative estimate of drug-likeness (QED) is 0.493. The minimum absolute atomic E-state index is 0.260. The normalized spacial score (nSPS) is 16.5. The van der Waals surface area contributed by atoms with Gasteiger partial charge in [-0.15, -0.1) is 0 Å². The minimum Gasteiger partial charge on any atom is -0.382 e. The Bertz CT molecular complexity index is 948. The topological polar surface area (TPSA) is 61.9 Å². The molecule has 4 rings (SSSR count). The lowest BCUT2D eigenvalue weighted by atomic mass is 10.0. The van der Waals surface area contributed by atoms with Gasteiger partial charge in [0.2, 0.25) is 0 Å². The van der Waals surface area contributed by atoms with Crippen LogP contribution in [0.25, 0.3) is 5.57 Å². The summed E-state index contributed by atoms with van der Waals surface area (Å²) in [5, 5.41) is 3.24. The summed E-state index contributed by atoms with van der Waals surface area (Å²) in [6, 6.07) is 17.5. The zero-order chi connectivity index (χ0) is 21.6. The molecular formula is C25H29N3O3. The van der Waals surface area contributed by atoms with Gasteiger partial charge in [0, 0.05) is 44.2 Å². The Hall–Kier alpha value is -3.12. The Morgan fingerprint density at radius 3 is 2.32 bits per heavy atom. The third-order valence-electron chi connectivity index (χ3n) is 5.71. The molecule has 2 aliphatic rings. The van der Waals surface area contributed by atoms with E-state index in [1.165, 1.54) is 23.4 Å². The molecular weight excluding hydrogens is 390 g/mol. The van der Waals surface area contributed by atoms with Gasteiger partial charge in [-0.25, -0.2) is 0 Å². The van der Waals surface area contributed by atoms with Crippen LogP contribution in [0.1, 0.15) is 31.7 Å². The highest BCUT2D eigenvalue weighted by Crippen LogP contribution is 2.31. The van der Waals surface area contributed by atoms with Crippen molar-refractivity contribution in [2.24, 2.45) is 0 Å². The SMILES string of the molecule is CCOCCCN1C(=O)C(Nc2ccc(N3CCCC3)cc2)=C(c2ccccc2)C1=O. The van der Waals surface area contributed by atoms with E-state index in [-0.39, 0.29) is 11.8 Å². The van der Waals surface area contributed by atoms with Gasteiger partial charge in [-0.1, -0.05) is 30.3 Å². The molecule has 2 amide bonds. The Balaban J connectivity index is 1.57. The summed E-state index contributed by atoms with van der Waals surface area (Å²) in [6.07, 6.45) is 3.07. The molecule has 31 heavy (non-hydrogen) atoms. The predicted octanol–water partition coefficient (Wildman–Crippen LogP) is 3.91. The Kier molecular flexibility index (Phi) is 6.67. The maximum atomic E-state index is 13.2. The van der Waals surface area contributed by atoms with E-state index in [0.29, 0.717) is 37.4 Å². The first-order valence-electron chi connectivity index (χ1n) is 11.0. The van der Waals surface area contributed by atoms with Crippen molar-refractivity contribution in [3.63, 3.8) is 0 Å². The lowest BCUT2D eigenvalue weighted by molar-refractivity contribution is -0.137. The summed E-state index contributed by atoms with van der Waals surface area (Å²) in [6.45, 7) is 5.58. The van der Waals surface area contributed by atoms with E-state index in [4.69, 9.17) is 4.74 Å². The molecule has 6 heteroatoms. The van der Waals surface area contributed by atoms with E-state index in [0.717, 1.165) is 24.3 Å². The van der Waals surface area contributed by atoms with Crippen LogP contribution in [0.3, 0.4) is 0 Å². The lowest BCUT2D eigenvalue weighted by Crippen LogP contribution is -2.34. The van der Waals surface area contributed by atoms with Crippen LogP contribution in [0.2, 0.25) is 0 Å². The van der Waals surface area contributed by atoms with Gasteiger partial charge in [-0.3, -0.25) is 14.5 Å². The molecule has 0 bridgehead atoms.